The molecule has 0 aliphatic carbocycles. The van der Waals surface area contributed by atoms with Crippen LogP contribution in [0, 0.1) is 0 Å². The lowest BCUT2D eigenvalue weighted by molar-refractivity contribution is -0.122. The molecule has 0 spiro atoms. The van der Waals surface area contributed by atoms with Gasteiger partial charge in [-0.3, -0.25) is 4.79 Å². The van der Waals surface area contributed by atoms with E-state index in [0.717, 1.165) is 13.0 Å². The maximum Gasteiger partial charge on any atom is 0.236 e. The zero-order valence-electron chi connectivity index (χ0n) is 7.80. The number of rotatable bonds is 6. The summed E-state index contributed by atoms with van der Waals surface area (Å²) in [5, 5.41) is 2.70. The molecule has 0 radical (unpaired) electrons. The minimum absolute atomic E-state index is 0.105. The predicted molar refractivity (Wildman–Crippen MR) is 47.8 cm³/mol. The molecule has 0 heterocycles. The lowest BCUT2D eigenvalue weighted by atomic mass is 10.3. The third kappa shape index (κ3) is 6.12. The summed E-state index contributed by atoms with van der Waals surface area (Å²) in [6.45, 7) is 5.66. The van der Waals surface area contributed by atoms with Crippen LogP contribution in [-0.4, -0.2) is 31.7 Å². The van der Waals surface area contributed by atoms with Crippen LogP contribution in [-0.2, 0) is 9.53 Å². The molecule has 3 N–H and O–H groups in total. The number of amides is 1. The molecule has 0 rings (SSSR count). The van der Waals surface area contributed by atoms with Crippen LogP contribution in [0.3, 0.4) is 0 Å². The number of nitrogens with one attached hydrogen (secondary N) is 1. The highest BCUT2D eigenvalue weighted by Crippen LogP contribution is 1.81. The van der Waals surface area contributed by atoms with Gasteiger partial charge >= 0.3 is 0 Å². The maximum atomic E-state index is 10.9. The smallest absolute Gasteiger partial charge is 0.236 e. The van der Waals surface area contributed by atoms with Gasteiger partial charge in [-0.25, -0.2) is 0 Å². The Hall–Kier alpha value is -0.610. The second-order valence-electron chi connectivity index (χ2n) is 2.63. The van der Waals surface area contributed by atoms with Crippen LogP contribution in [0.4, 0.5) is 0 Å². The number of hydrogen-bond acceptors (Lipinski definition) is 3. The second-order valence-corrected chi connectivity index (χ2v) is 2.63. The van der Waals surface area contributed by atoms with E-state index in [1.165, 1.54) is 0 Å². The van der Waals surface area contributed by atoms with Crippen LogP contribution in [0.25, 0.3) is 0 Å². The van der Waals surface area contributed by atoms with Crippen molar-refractivity contribution in [2.45, 2.75) is 26.3 Å². The second kappa shape index (κ2) is 7.06. The largest absolute Gasteiger partial charge is 0.382 e. The van der Waals surface area contributed by atoms with Gasteiger partial charge in [0.1, 0.15) is 0 Å². The molecule has 4 heteroatoms. The van der Waals surface area contributed by atoms with Crippen molar-refractivity contribution < 1.29 is 9.53 Å². The van der Waals surface area contributed by atoms with Crippen LogP contribution >= 0.6 is 0 Å². The first-order chi connectivity index (χ1) is 5.68. The summed E-state index contributed by atoms with van der Waals surface area (Å²) in [5.74, 6) is -0.105. The van der Waals surface area contributed by atoms with Gasteiger partial charge in [-0.2, -0.15) is 0 Å². The molecule has 0 saturated heterocycles. The summed E-state index contributed by atoms with van der Waals surface area (Å²) in [7, 11) is 0. The van der Waals surface area contributed by atoms with Crippen molar-refractivity contribution in [3.8, 4) is 0 Å². The van der Waals surface area contributed by atoms with Gasteiger partial charge in [0.15, 0.2) is 0 Å². The first kappa shape index (κ1) is 11.4. The summed E-state index contributed by atoms with van der Waals surface area (Å²) in [6, 6.07) is -0.419. The van der Waals surface area contributed by atoms with Gasteiger partial charge in [0.2, 0.25) is 5.91 Å². The minimum atomic E-state index is -0.419. The van der Waals surface area contributed by atoms with Crippen LogP contribution in [0.5, 0.6) is 0 Å². The van der Waals surface area contributed by atoms with E-state index in [9.17, 15) is 4.79 Å². The molecular weight excluding hydrogens is 156 g/mol. The van der Waals surface area contributed by atoms with Crippen molar-refractivity contribution in [2.75, 3.05) is 19.8 Å². The normalized spacial score (nSPS) is 12.6. The molecule has 1 amide bonds. The molecule has 0 bridgehead atoms. The zero-order chi connectivity index (χ0) is 9.40. The SMILES string of the molecule is CCOCCCNC(=O)C(C)N. The monoisotopic (exact) mass is 174 g/mol. The Morgan fingerprint density at radius 1 is 1.67 bits per heavy atom. The van der Waals surface area contributed by atoms with E-state index >= 15 is 0 Å². The lowest BCUT2D eigenvalue weighted by Crippen LogP contribution is -2.38. The van der Waals surface area contributed by atoms with E-state index in [-0.39, 0.29) is 5.91 Å². The van der Waals surface area contributed by atoms with Crippen molar-refractivity contribution in [3.63, 3.8) is 0 Å². The third-order valence-electron chi connectivity index (χ3n) is 1.38. The number of carbonyl (C=O) groups excluding carboxylic acids is 1. The molecule has 0 aliphatic heterocycles. The van der Waals surface area contributed by atoms with E-state index in [1.807, 2.05) is 6.92 Å². The van der Waals surface area contributed by atoms with E-state index < -0.39 is 6.04 Å². The molecule has 0 aromatic rings. The van der Waals surface area contributed by atoms with E-state index in [2.05, 4.69) is 5.32 Å². The first-order valence-electron chi connectivity index (χ1n) is 4.29. The average Bonchev–Trinajstić information content (AvgIpc) is 2.03. The molecule has 0 fully saturated rings. The summed E-state index contributed by atoms with van der Waals surface area (Å²) in [6.07, 6.45) is 0.840. The fourth-order valence-electron chi connectivity index (χ4n) is 0.691. The van der Waals surface area contributed by atoms with Crippen molar-refractivity contribution in [3.05, 3.63) is 0 Å². The topological polar surface area (TPSA) is 64.3 Å². The van der Waals surface area contributed by atoms with Crippen LogP contribution in [0.2, 0.25) is 0 Å². The summed E-state index contributed by atoms with van der Waals surface area (Å²) in [5.41, 5.74) is 5.33. The molecule has 72 valence electrons. The van der Waals surface area contributed by atoms with Crippen molar-refractivity contribution >= 4 is 5.91 Å². The minimum Gasteiger partial charge on any atom is -0.382 e. The average molecular weight is 174 g/mol. The Balaban J connectivity index is 3.14. The Kier molecular flexibility index (Phi) is 6.70. The lowest BCUT2D eigenvalue weighted by Gasteiger charge is -2.06. The van der Waals surface area contributed by atoms with Crippen molar-refractivity contribution in [2.24, 2.45) is 5.73 Å². The molecule has 0 aliphatic rings. The van der Waals surface area contributed by atoms with E-state index in [4.69, 9.17) is 10.5 Å². The van der Waals surface area contributed by atoms with Gasteiger partial charge < -0.3 is 15.8 Å². The summed E-state index contributed by atoms with van der Waals surface area (Å²) >= 11 is 0. The number of hydrogen-bond donors (Lipinski definition) is 2. The quantitative estimate of drug-likeness (QED) is 0.552. The zero-order valence-corrected chi connectivity index (χ0v) is 7.80. The van der Waals surface area contributed by atoms with Crippen molar-refractivity contribution in [1.29, 1.82) is 0 Å². The Labute approximate surface area is 73.5 Å². The fourth-order valence-corrected chi connectivity index (χ4v) is 0.691. The number of carbonyl (C=O) groups is 1. The van der Waals surface area contributed by atoms with Crippen molar-refractivity contribution in [1.82, 2.24) is 5.32 Å². The fraction of sp³-hybridized carbons (Fsp3) is 0.875. The predicted octanol–water partition coefficient (Wildman–Crippen LogP) is -0.124. The van der Waals surface area contributed by atoms with Gasteiger partial charge in [0.25, 0.3) is 0 Å². The standard InChI is InChI=1S/C8H18N2O2/c1-3-12-6-4-5-10-8(11)7(2)9/h7H,3-6,9H2,1-2H3,(H,10,11). The van der Waals surface area contributed by atoms with E-state index in [0.29, 0.717) is 13.2 Å². The molecule has 1 atom stereocenters. The molecular formula is C8H18N2O2. The van der Waals surface area contributed by atoms with Gasteiger partial charge in [0.05, 0.1) is 6.04 Å². The molecule has 0 aromatic carbocycles. The van der Waals surface area contributed by atoms with Crippen LogP contribution in [0.15, 0.2) is 0 Å². The third-order valence-corrected chi connectivity index (χ3v) is 1.38. The maximum absolute atomic E-state index is 10.9. The van der Waals surface area contributed by atoms with Crippen LogP contribution in [0.1, 0.15) is 20.3 Å². The van der Waals surface area contributed by atoms with Gasteiger partial charge in [-0.1, -0.05) is 0 Å². The molecule has 12 heavy (non-hydrogen) atoms. The first-order valence-corrected chi connectivity index (χ1v) is 4.29. The number of ether oxygens (including phenoxy) is 1. The highest BCUT2D eigenvalue weighted by Gasteiger charge is 2.04. The van der Waals surface area contributed by atoms with Gasteiger partial charge in [0, 0.05) is 19.8 Å². The molecule has 0 aromatic heterocycles. The summed E-state index contributed by atoms with van der Waals surface area (Å²) in [4.78, 5) is 10.9. The van der Waals surface area contributed by atoms with Gasteiger partial charge in [-0.15, -0.1) is 0 Å². The highest BCUT2D eigenvalue weighted by atomic mass is 16.5. The van der Waals surface area contributed by atoms with Crippen LogP contribution < -0.4 is 11.1 Å². The molecule has 4 nitrogen and oxygen atoms in total. The highest BCUT2D eigenvalue weighted by molar-refractivity contribution is 5.80. The Morgan fingerprint density at radius 3 is 2.83 bits per heavy atom. The Bertz CT molecular complexity index is 126. The molecule has 1 unspecified atom stereocenters. The molecule has 0 saturated carbocycles. The van der Waals surface area contributed by atoms with Gasteiger partial charge in [-0.05, 0) is 20.3 Å². The summed E-state index contributed by atoms with van der Waals surface area (Å²) < 4.78 is 5.09. The number of nitrogens with two attached hydrogens (primary N) is 1. The van der Waals surface area contributed by atoms with E-state index in [1.54, 1.807) is 6.92 Å². The Morgan fingerprint density at radius 2 is 2.33 bits per heavy atom.